The molecule has 0 radical (unpaired) electrons. The minimum absolute atomic E-state index is 0.122. The van der Waals surface area contributed by atoms with Crippen LogP contribution in [0.4, 0.5) is 10.5 Å². The van der Waals surface area contributed by atoms with Gasteiger partial charge in [-0.2, -0.15) is 11.8 Å². The molecule has 22 heavy (non-hydrogen) atoms. The van der Waals surface area contributed by atoms with Crippen molar-refractivity contribution < 1.29 is 9.53 Å². The maximum absolute atomic E-state index is 12.2. The highest BCUT2D eigenvalue weighted by atomic mass is 32.2. The third-order valence-electron chi connectivity index (χ3n) is 4.33. The Morgan fingerprint density at radius 1 is 1.41 bits per heavy atom. The lowest BCUT2D eigenvalue weighted by Gasteiger charge is -2.28. The first-order valence-corrected chi connectivity index (χ1v) is 9.24. The van der Waals surface area contributed by atoms with Crippen LogP contribution in [0, 0.1) is 12.8 Å². The van der Waals surface area contributed by atoms with Gasteiger partial charge in [-0.25, -0.2) is 4.79 Å². The van der Waals surface area contributed by atoms with Crippen molar-refractivity contribution in [3.8, 4) is 0 Å². The second kappa shape index (κ2) is 8.44. The maximum atomic E-state index is 12.2. The van der Waals surface area contributed by atoms with E-state index in [4.69, 9.17) is 4.74 Å². The topological polar surface area (TPSA) is 50.4 Å². The van der Waals surface area contributed by atoms with Gasteiger partial charge in [-0.15, -0.1) is 0 Å². The van der Waals surface area contributed by atoms with Crippen LogP contribution in [0.2, 0.25) is 0 Å². The highest BCUT2D eigenvalue weighted by Gasteiger charge is 2.22. The maximum Gasteiger partial charge on any atom is 0.319 e. The van der Waals surface area contributed by atoms with Gasteiger partial charge in [-0.3, -0.25) is 0 Å². The van der Waals surface area contributed by atoms with E-state index in [9.17, 15) is 4.79 Å². The SMILES string of the molecule is CSCc1cccc(NC(=O)N[C@H](C)C2CCOCC2)c1C. The van der Waals surface area contributed by atoms with Gasteiger partial charge >= 0.3 is 6.03 Å². The van der Waals surface area contributed by atoms with Gasteiger partial charge in [0, 0.05) is 30.7 Å². The van der Waals surface area contributed by atoms with E-state index in [1.54, 1.807) is 11.8 Å². The molecule has 1 fully saturated rings. The molecule has 2 rings (SSSR count). The van der Waals surface area contributed by atoms with Gasteiger partial charge in [0.25, 0.3) is 0 Å². The fourth-order valence-electron chi connectivity index (χ4n) is 2.83. The minimum atomic E-state index is -0.122. The second-order valence-corrected chi connectivity index (χ2v) is 6.73. The van der Waals surface area contributed by atoms with E-state index < -0.39 is 0 Å². The second-order valence-electron chi connectivity index (χ2n) is 5.86. The number of hydrogen-bond acceptors (Lipinski definition) is 3. The molecule has 1 atom stereocenters. The van der Waals surface area contributed by atoms with Crippen LogP contribution in [0.1, 0.15) is 30.9 Å². The smallest absolute Gasteiger partial charge is 0.319 e. The van der Waals surface area contributed by atoms with Crippen molar-refractivity contribution in [1.29, 1.82) is 0 Å². The fourth-order valence-corrected chi connectivity index (χ4v) is 3.45. The van der Waals surface area contributed by atoms with Crippen molar-refractivity contribution in [2.75, 3.05) is 24.8 Å². The molecule has 1 aliphatic rings. The van der Waals surface area contributed by atoms with Gasteiger partial charge < -0.3 is 15.4 Å². The number of urea groups is 1. The van der Waals surface area contributed by atoms with E-state index in [0.717, 1.165) is 43.1 Å². The van der Waals surface area contributed by atoms with E-state index in [1.807, 2.05) is 12.1 Å². The third-order valence-corrected chi connectivity index (χ3v) is 4.93. The number of anilines is 1. The molecular formula is C17H26N2O2S. The first-order chi connectivity index (χ1) is 10.6. The Bertz CT molecular complexity index is 501. The van der Waals surface area contributed by atoms with Gasteiger partial charge in [0.15, 0.2) is 0 Å². The lowest BCUT2D eigenvalue weighted by atomic mass is 9.93. The number of rotatable bonds is 5. The Balaban J connectivity index is 1.92. The van der Waals surface area contributed by atoms with E-state index >= 15 is 0 Å². The third kappa shape index (κ3) is 4.65. The molecule has 0 aromatic heterocycles. The monoisotopic (exact) mass is 322 g/mol. The van der Waals surface area contributed by atoms with E-state index in [-0.39, 0.29) is 12.1 Å². The summed E-state index contributed by atoms with van der Waals surface area (Å²) >= 11 is 1.79. The van der Waals surface area contributed by atoms with Crippen LogP contribution in [0.25, 0.3) is 0 Å². The summed E-state index contributed by atoms with van der Waals surface area (Å²) in [5, 5.41) is 6.05. The van der Waals surface area contributed by atoms with E-state index in [1.165, 1.54) is 5.56 Å². The predicted molar refractivity (Wildman–Crippen MR) is 93.6 cm³/mol. The molecular weight excluding hydrogens is 296 g/mol. The van der Waals surface area contributed by atoms with Crippen LogP contribution in [0.5, 0.6) is 0 Å². The largest absolute Gasteiger partial charge is 0.381 e. The van der Waals surface area contributed by atoms with Gasteiger partial charge in [0.05, 0.1) is 0 Å². The molecule has 122 valence electrons. The molecule has 1 saturated heterocycles. The minimum Gasteiger partial charge on any atom is -0.381 e. The summed E-state index contributed by atoms with van der Waals surface area (Å²) in [5.74, 6) is 1.46. The Morgan fingerprint density at radius 3 is 2.82 bits per heavy atom. The molecule has 1 aliphatic heterocycles. The zero-order valence-corrected chi connectivity index (χ0v) is 14.5. The molecule has 4 nitrogen and oxygen atoms in total. The Hall–Kier alpha value is -1.20. The normalized spacial score (nSPS) is 17.0. The average molecular weight is 322 g/mol. The summed E-state index contributed by atoms with van der Waals surface area (Å²) < 4.78 is 5.37. The Kier molecular flexibility index (Phi) is 6.58. The van der Waals surface area contributed by atoms with Gasteiger partial charge in [-0.1, -0.05) is 12.1 Å². The van der Waals surface area contributed by atoms with Crippen molar-refractivity contribution >= 4 is 23.5 Å². The first-order valence-electron chi connectivity index (χ1n) is 7.84. The van der Waals surface area contributed by atoms with Crippen molar-refractivity contribution in [3.05, 3.63) is 29.3 Å². The van der Waals surface area contributed by atoms with Crippen LogP contribution < -0.4 is 10.6 Å². The van der Waals surface area contributed by atoms with Gasteiger partial charge in [0.2, 0.25) is 0 Å². The van der Waals surface area contributed by atoms with Crippen LogP contribution >= 0.6 is 11.8 Å². The Morgan fingerprint density at radius 2 is 2.14 bits per heavy atom. The summed E-state index contributed by atoms with van der Waals surface area (Å²) in [6.45, 7) is 5.73. The molecule has 1 aromatic carbocycles. The quantitative estimate of drug-likeness (QED) is 0.867. The molecule has 0 saturated carbocycles. The molecule has 0 unspecified atom stereocenters. The van der Waals surface area contributed by atoms with Crippen molar-refractivity contribution in [3.63, 3.8) is 0 Å². The number of amides is 2. The molecule has 0 bridgehead atoms. The van der Waals surface area contributed by atoms with Crippen molar-refractivity contribution in [2.24, 2.45) is 5.92 Å². The number of benzene rings is 1. The summed E-state index contributed by atoms with van der Waals surface area (Å²) in [6, 6.07) is 6.11. The number of hydrogen-bond donors (Lipinski definition) is 2. The Labute approximate surface area is 137 Å². The molecule has 0 spiro atoms. The lowest BCUT2D eigenvalue weighted by Crippen LogP contribution is -2.42. The first kappa shape index (κ1) is 17.2. The van der Waals surface area contributed by atoms with Crippen molar-refractivity contribution in [1.82, 2.24) is 5.32 Å². The fraction of sp³-hybridized carbons (Fsp3) is 0.588. The van der Waals surface area contributed by atoms with E-state index in [2.05, 4.69) is 36.8 Å². The van der Waals surface area contributed by atoms with Crippen LogP contribution in [-0.4, -0.2) is 31.5 Å². The average Bonchev–Trinajstić information content (AvgIpc) is 2.52. The van der Waals surface area contributed by atoms with Crippen LogP contribution in [0.15, 0.2) is 18.2 Å². The van der Waals surface area contributed by atoms with E-state index in [0.29, 0.717) is 5.92 Å². The highest BCUT2D eigenvalue weighted by Crippen LogP contribution is 2.22. The van der Waals surface area contributed by atoms with Crippen LogP contribution in [-0.2, 0) is 10.5 Å². The highest BCUT2D eigenvalue weighted by molar-refractivity contribution is 7.97. The summed E-state index contributed by atoms with van der Waals surface area (Å²) in [4.78, 5) is 12.2. The predicted octanol–water partition coefficient (Wildman–Crippen LogP) is 3.79. The number of thioether (sulfide) groups is 1. The zero-order valence-electron chi connectivity index (χ0n) is 13.6. The van der Waals surface area contributed by atoms with Crippen LogP contribution in [0.3, 0.4) is 0 Å². The molecule has 1 aromatic rings. The molecule has 2 amide bonds. The molecule has 2 N–H and O–H groups in total. The lowest BCUT2D eigenvalue weighted by molar-refractivity contribution is 0.0573. The molecule has 1 heterocycles. The summed E-state index contributed by atoms with van der Waals surface area (Å²) in [6.07, 6.45) is 4.12. The number of ether oxygens (including phenoxy) is 1. The zero-order chi connectivity index (χ0) is 15.9. The summed E-state index contributed by atoms with van der Waals surface area (Å²) in [5.41, 5.74) is 3.30. The molecule has 0 aliphatic carbocycles. The standard InChI is InChI=1S/C17H26N2O2S/c1-12-15(11-22-3)5-4-6-16(12)19-17(20)18-13(2)14-7-9-21-10-8-14/h4-6,13-14H,7-11H2,1-3H3,(H2,18,19,20)/t13-/m1/s1. The molecule has 5 heteroatoms. The summed E-state index contributed by atoms with van der Waals surface area (Å²) in [7, 11) is 0. The number of carbonyl (C=O) groups is 1. The number of nitrogens with one attached hydrogen (secondary N) is 2. The van der Waals surface area contributed by atoms with Gasteiger partial charge in [-0.05, 0) is 56.1 Å². The van der Waals surface area contributed by atoms with Gasteiger partial charge in [0.1, 0.15) is 0 Å². The number of carbonyl (C=O) groups excluding carboxylic acids is 1. The van der Waals surface area contributed by atoms with Crippen molar-refractivity contribution in [2.45, 2.75) is 38.5 Å².